The molecule has 0 heterocycles. The highest BCUT2D eigenvalue weighted by atomic mass is 31.2. The van der Waals surface area contributed by atoms with Crippen LogP contribution in [-0.2, 0) is 25.0 Å². The lowest BCUT2D eigenvalue weighted by Crippen LogP contribution is -2.24. The zero-order valence-corrected chi connectivity index (χ0v) is 25.4. The molecular formula is C30H54NO6P. The van der Waals surface area contributed by atoms with Crippen LogP contribution >= 0.6 is 8.60 Å². The van der Waals surface area contributed by atoms with Crippen molar-refractivity contribution in [1.29, 1.82) is 0 Å². The first-order valence-corrected chi connectivity index (χ1v) is 15.9. The molecule has 2 unspecified atom stereocenters. The number of unbranched alkanes of at least 4 members (excludes halogenated alkanes) is 9. The van der Waals surface area contributed by atoms with E-state index < -0.39 is 14.7 Å². The number of carbonyl (C=O) groups is 1. The van der Waals surface area contributed by atoms with Gasteiger partial charge < -0.3 is 28.3 Å². The molecule has 0 saturated heterocycles. The first kappa shape index (κ1) is 34.8. The Labute approximate surface area is 233 Å². The highest BCUT2D eigenvalue weighted by Gasteiger charge is 2.18. The van der Waals surface area contributed by atoms with E-state index in [9.17, 15) is 9.69 Å². The highest BCUT2D eigenvalue weighted by molar-refractivity contribution is 7.40. The van der Waals surface area contributed by atoms with Crippen molar-refractivity contribution < 1.29 is 28.2 Å². The monoisotopic (exact) mass is 555 g/mol. The molecule has 1 N–H and O–H groups in total. The minimum atomic E-state index is -2.00. The minimum Gasteiger partial charge on any atom is -0.494 e. The number of benzene rings is 1. The number of esters is 1. The van der Waals surface area contributed by atoms with Gasteiger partial charge in [0.15, 0.2) is 0 Å². The molecule has 1 aromatic carbocycles. The van der Waals surface area contributed by atoms with E-state index in [1.54, 1.807) is 0 Å². The zero-order valence-electron chi connectivity index (χ0n) is 24.5. The number of aryl methyl sites for hydroxylation is 1. The third kappa shape index (κ3) is 19.8. The molecule has 0 aliphatic rings. The molecule has 0 aliphatic carbocycles. The molecule has 8 heteroatoms. The van der Waals surface area contributed by atoms with Crippen LogP contribution in [0.15, 0.2) is 24.3 Å². The van der Waals surface area contributed by atoms with Gasteiger partial charge in [-0.2, -0.15) is 0 Å². The number of hydrogen-bond donors (Lipinski definition) is 1. The SMILES string of the molecule is CCCCCCCCCCCCOc1cccc(CCC(COP(O)OCCN(C)C)OC(=O)CCC)c1. The van der Waals surface area contributed by atoms with Gasteiger partial charge in [-0.3, -0.25) is 4.79 Å². The fourth-order valence-electron chi connectivity index (χ4n) is 4.01. The largest absolute Gasteiger partial charge is 0.494 e. The van der Waals surface area contributed by atoms with Crippen LogP contribution in [0.1, 0.15) is 103 Å². The molecule has 0 spiro atoms. The van der Waals surface area contributed by atoms with E-state index in [1.165, 1.54) is 57.8 Å². The third-order valence-corrected chi connectivity index (χ3v) is 7.06. The number of carbonyl (C=O) groups excluding carboxylic acids is 1. The average molecular weight is 556 g/mol. The second-order valence-corrected chi connectivity index (χ2v) is 11.2. The number of rotatable bonds is 25. The Morgan fingerprint density at radius 3 is 2.26 bits per heavy atom. The summed E-state index contributed by atoms with van der Waals surface area (Å²) in [5, 5.41) is 0. The van der Waals surface area contributed by atoms with Crippen LogP contribution < -0.4 is 4.74 Å². The topological polar surface area (TPSA) is 77.5 Å². The summed E-state index contributed by atoms with van der Waals surface area (Å²) in [6, 6.07) is 8.11. The first-order chi connectivity index (χ1) is 18.4. The maximum Gasteiger partial charge on any atom is 0.330 e. The molecule has 7 nitrogen and oxygen atoms in total. The second-order valence-electron chi connectivity index (χ2n) is 10.2. The van der Waals surface area contributed by atoms with E-state index in [1.807, 2.05) is 38.1 Å². The van der Waals surface area contributed by atoms with Crippen LogP contribution in [0, 0.1) is 0 Å². The summed E-state index contributed by atoms with van der Waals surface area (Å²) in [5.41, 5.74) is 1.12. The standard InChI is InChI=1S/C30H54NO6P/c1-5-7-8-9-10-11-12-13-14-15-23-34-28-19-16-18-27(25-28)20-21-29(37-30(32)17-6-2)26-36-38(33)35-24-22-31(3)4/h16,18-19,25,29,33H,5-15,17,20-24,26H2,1-4H3. The Hall–Kier alpha value is -1.24. The smallest absolute Gasteiger partial charge is 0.330 e. The van der Waals surface area contributed by atoms with Crippen LogP contribution in [0.2, 0.25) is 0 Å². The van der Waals surface area contributed by atoms with E-state index in [0.717, 1.165) is 30.8 Å². The molecule has 2 atom stereocenters. The summed E-state index contributed by atoms with van der Waals surface area (Å²) in [7, 11) is 1.87. The van der Waals surface area contributed by atoms with Gasteiger partial charge in [0.05, 0.1) is 19.8 Å². The molecule has 220 valence electrons. The van der Waals surface area contributed by atoms with Crippen molar-refractivity contribution >= 4 is 14.6 Å². The lowest BCUT2D eigenvalue weighted by atomic mass is 10.1. The third-order valence-electron chi connectivity index (χ3n) is 6.28. The molecule has 0 aromatic heterocycles. The molecular weight excluding hydrogens is 501 g/mol. The Kier molecular flexibility index (Phi) is 21.6. The lowest BCUT2D eigenvalue weighted by Gasteiger charge is -2.20. The van der Waals surface area contributed by atoms with Crippen molar-refractivity contribution in [2.45, 2.75) is 110 Å². The van der Waals surface area contributed by atoms with Gasteiger partial charge in [0.1, 0.15) is 11.9 Å². The fourth-order valence-corrected chi connectivity index (χ4v) is 4.61. The predicted molar refractivity (Wildman–Crippen MR) is 156 cm³/mol. The summed E-state index contributed by atoms with van der Waals surface area (Å²) < 4.78 is 22.4. The van der Waals surface area contributed by atoms with Crippen LogP contribution in [0.5, 0.6) is 5.75 Å². The van der Waals surface area contributed by atoms with Crippen molar-refractivity contribution in [3.63, 3.8) is 0 Å². The molecule has 0 amide bonds. The van der Waals surface area contributed by atoms with Gasteiger partial charge in [0, 0.05) is 13.0 Å². The maximum atomic E-state index is 12.1. The van der Waals surface area contributed by atoms with Crippen molar-refractivity contribution in [3.05, 3.63) is 29.8 Å². The number of likely N-dealkylation sites (N-methyl/N-ethyl adjacent to an activating group) is 1. The molecule has 0 aliphatic heterocycles. The molecule has 38 heavy (non-hydrogen) atoms. The first-order valence-electron chi connectivity index (χ1n) is 14.7. The quantitative estimate of drug-likeness (QED) is 0.0763. The Balaban J connectivity index is 2.36. The maximum absolute atomic E-state index is 12.1. The van der Waals surface area contributed by atoms with Gasteiger partial charge >= 0.3 is 14.6 Å². The number of nitrogens with zero attached hydrogens (tertiary/aromatic N) is 1. The number of hydrogen-bond acceptors (Lipinski definition) is 7. The normalized spacial score (nSPS) is 13.0. The van der Waals surface area contributed by atoms with E-state index in [2.05, 4.69) is 19.1 Å². The van der Waals surface area contributed by atoms with Gasteiger partial charge in [0.25, 0.3) is 0 Å². The van der Waals surface area contributed by atoms with Crippen molar-refractivity contribution in [2.75, 3.05) is 40.5 Å². The molecule has 0 fully saturated rings. The van der Waals surface area contributed by atoms with Crippen molar-refractivity contribution in [2.24, 2.45) is 0 Å². The molecule has 0 saturated carbocycles. The predicted octanol–water partition coefficient (Wildman–Crippen LogP) is 7.44. The summed E-state index contributed by atoms with van der Waals surface area (Å²) in [5.74, 6) is 0.632. The zero-order chi connectivity index (χ0) is 27.8. The Morgan fingerprint density at radius 2 is 1.61 bits per heavy atom. The van der Waals surface area contributed by atoms with Gasteiger partial charge in [-0.15, -0.1) is 0 Å². The fraction of sp³-hybridized carbons (Fsp3) is 0.767. The molecule has 0 radical (unpaired) electrons. The highest BCUT2D eigenvalue weighted by Crippen LogP contribution is 2.33. The lowest BCUT2D eigenvalue weighted by molar-refractivity contribution is -0.151. The average Bonchev–Trinajstić information content (AvgIpc) is 2.89. The Bertz CT molecular complexity index is 705. The van der Waals surface area contributed by atoms with Crippen molar-refractivity contribution in [3.8, 4) is 5.75 Å². The van der Waals surface area contributed by atoms with Crippen LogP contribution in [0.25, 0.3) is 0 Å². The van der Waals surface area contributed by atoms with Gasteiger partial charge in [-0.25, -0.2) is 0 Å². The van der Waals surface area contributed by atoms with E-state index in [-0.39, 0.29) is 12.6 Å². The van der Waals surface area contributed by atoms with Gasteiger partial charge in [0.2, 0.25) is 0 Å². The van der Waals surface area contributed by atoms with E-state index in [0.29, 0.717) is 32.4 Å². The molecule has 1 aromatic rings. The molecule has 1 rings (SSSR count). The summed E-state index contributed by atoms with van der Waals surface area (Å²) in [4.78, 5) is 24.1. The van der Waals surface area contributed by atoms with E-state index >= 15 is 0 Å². The van der Waals surface area contributed by atoms with E-state index in [4.69, 9.17) is 18.5 Å². The van der Waals surface area contributed by atoms with Crippen LogP contribution in [0.4, 0.5) is 0 Å². The van der Waals surface area contributed by atoms with Gasteiger partial charge in [-0.05, 0) is 57.5 Å². The van der Waals surface area contributed by atoms with Crippen molar-refractivity contribution in [1.82, 2.24) is 4.90 Å². The number of ether oxygens (including phenoxy) is 2. The van der Waals surface area contributed by atoms with Crippen LogP contribution in [-0.4, -0.2) is 62.3 Å². The summed E-state index contributed by atoms with van der Waals surface area (Å²) in [6.45, 7) is 6.11. The Morgan fingerprint density at radius 1 is 0.921 bits per heavy atom. The minimum absolute atomic E-state index is 0.106. The molecule has 0 bridgehead atoms. The van der Waals surface area contributed by atoms with Crippen LogP contribution in [0.3, 0.4) is 0 Å². The summed E-state index contributed by atoms with van der Waals surface area (Å²) in [6.07, 6.45) is 15.1. The van der Waals surface area contributed by atoms with Gasteiger partial charge in [-0.1, -0.05) is 83.8 Å². The second kappa shape index (κ2) is 23.6. The summed E-state index contributed by atoms with van der Waals surface area (Å²) >= 11 is 0.